The van der Waals surface area contributed by atoms with Crippen LogP contribution in [0, 0.1) is 5.92 Å². The van der Waals surface area contributed by atoms with Gasteiger partial charge in [0.1, 0.15) is 11.8 Å². The molecule has 1 amide bonds. The molecule has 1 fully saturated rings. The molecule has 0 radical (unpaired) electrons. The number of anilines is 1. The molecule has 1 saturated carbocycles. The molecular weight excluding hydrogens is 240 g/mol. The predicted molar refractivity (Wildman–Crippen MR) is 74.3 cm³/mol. The van der Waals surface area contributed by atoms with Gasteiger partial charge in [-0.1, -0.05) is 25.3 Å². The fraction of sp³-hybridized carbons (Fsp3) is 0.533. The van der Waals surface area contributed by atoms with Crippen LogP contribution >= 0.6 is 0 Å². The van der Waals surface area contributed by atoms with E-state index in [1.165, 1.54) is 19.3 Å². The summed E-state index contributed by atoms with van der Waals surface area (Å²) in [6.45, 7) is 0.771. The zero-order valence-corrected chi connectivity index (χ0v) is 11.2. The van der Waals surface area contributed by atoms with Crippen molar-refractivity contribution >= 4 is 11.6 Å². The van der Waals surface area contributed by atoms with Gasteiger partial charge in [0.2, 0.25) is 5.91 Å². The SMILES string of the molecule is CNC1C(=O)Nc2cc(OCCC3CCC3)ccc21. The second-order valence-electron chi connectivity index (χ2n) is 5.39. The van der Waals surface area contributed by atoms with Gasteiger partial charge >= 0.3 is 0 Å². The van der Waals surface area contributed by atoms with Crippen LogP contribution in [0.3, 0.4) is 0 Å². The third-order valence-corrected chi connectivity index (χ3v) is 4.16. The lowest BCUT2D eigenvalue weighted by molar-refractivity contribution is -0.117. The molecule has 4 nitrogen and oxygen atoms in total. The van der Waals surface area contributed by atoms with E-state index < -0.39 is 0 Å². The fourth-order valence-corrected chi connectivity index (χ4v) is 2.74. The summed E-state index contributed by atoms with van der Waals surface area (Å²) in [6, 6.07) is 5.60. The maximum absolute atomic E-state index is 11.7. The summed E-state index contributed by atoms with van der Waals surface area (Å²) in [5, 5.41) is 5.89. The molecule has 102 valence electrons. The van der Waals surface area contributed by atoms with Crippen molar-refractivity contribution in [1.82, 2.24) is 5.32 Å². The fourth-order valence-electron chi connectivity index (χ4n) is 2.74. The first-order valence-corrected chi connectivity index (χ1v) is 7.03. The number of likely N-dealkylation sites (N-methyl/N-ethyl adjacent to an activating group) is 1. The molecule has 1 aliphatic heterocycles. The second kappa shape index (κ2) is 5.21. The van der Waals surface area contributed by atoms with Gasteiger partial charge in [0.25, 0.3) is 0 Å². The van der Waals surface area contributed by atoms with Gasteiger partial charge in [0.05, 0.1) is 6.61 Å². The van der Waals surface area contributed by atoms with Gasteiger partial charge < -0.3 is 15.4 Å². The Balaban J connectivity index is 1.62. The Morgan fingerprint density at radius 1 is 1.42 bits per heavy atom. The molecule has 1 aliphatic carbocycles. The maximum Gasteiger partial charge on any atom is 0.246 e. The van der Waals surface area contributed by atoms with Crippen LogP contribution in [0.15, 0.2) is 18.2 Å². The first-order chi connectivity index (χ1) is 9.28. The van der Waals surface area contributed by atoms with Crippen molar-refractivity contribution in [3.8, 4) is 5.75 Å². The minimum absolute atomic E-state index is 0.00381. The summed E-state index contributed by atoms with van der Waals surface area (Å²) in [5.41, 5.74) is 1.87. The van der Waals surface area contributed by atoms with Crippen LogP contribution in [-0.2, 0) is 4.79 Å². The van der Waals surface area contributed by atoms with E-state index in [4.69, 9.17) is 4.74 Å². The Bertz CT molecular complexity index is 483. The van der Waals surface area contributed by atoms with Gasteiger partial charge in [0, 0.05) is 17.3 Å². The zero-order valence-electron chi connectivity index (χ0n) is 11.2. The number of nitrogens with one attached hydrogen (secondary N) is 2. The molecule has 4 heteroatoms. The largest absolute Gasteiger partial charge is 0.494 e. The monoisotopic (exact) mass is 260 g/mol. The predicted octanol–water partition coefficient (Wildman–Crippen LogP) is 2.47. The summed E-state index contributed by atoms with van der Waals surface area (Å²) in [4.78, 5) is 11.7. The van der Waals surface area contributed by atoms with Crippen molar-refractivity contribution in [2.24, 2.45) is 5.92 Å². The molecule has 19 heavy (non-hydrogen) atoms. The highest BCUT2D eigenvalue weighted by Crippen LogP contribution is 2.34. The highest BCUT2D eigenvalue weighted by molar-refractivity contribution is 6.02. The number of ether oxygens (including phenoxy) is 1. The molecule has 0 bridgehead atoms. The topological polar surface area (TPSA) is 50.4 Å². The molecule has 0 aromatic heterocycles. The Morgan fingerprint density at radius 2 is 2.26 bits per heavy atom. The van der Waals surface area contributed by atoms with Crippen LogP contribution in [0.4, 0.5) is 5.69 Å². The minimum Gasteiger partial charge on any atom is -0.494 e. The molecular formula is C15H20N2O2. The first-order valence-electron chi connectivity index (χ1n) is 7.03. The normalized spacial score (nSPS) is 21.7. The molecule has 1 unspecified atom stereocenters. The van der Waals surface area contributed by atoms with E-state index in [2.05, 4.69) is 10.6 Å². The summed E-state index contributed by atoms with van der Waals surface area (Å²) in [5.74, 6) is 1.71. The number of fused-ring (bicyclic) bond motifs is 1. The van der Waals surface area contributed by atoms with E-state index in [0.717, 1.165) is 35.9 Å². The average molecular weight is 260 g/mol. The molecule has 2 N–H and O–H groups in total. The van der Waals surface area contributed by atoms with Gasteiger partial charge in [0.15, 0.2) is 0 Å². The van der Waals surface area contributed by atoms with Crippen molar-refractivity contribution in [1.29, 1.82) is 0 Å². The van der Waals surface area contributed by atoms with Gasteiger partial charge in [-0.15, -0.1) is 0 Å². The maximum atomic E-state index is 11.7. The van der Waals surface area contributed by atoms with Gasteiger partial charge in [-0.2, -0.15) is 0 Å². The molecule has 1 aromatic carbocycles. The molecule has 2 aliphatic rings. The number of hydrogen-bond acceptors (Lipinski definition) is 3. The quantitative estimate of drug-likeness (QED) is 0.855. The van der Waals surface area contributed by atoms with E-state index in [-0.39, 0.29) is 11.9 Å². The van der Waals surface area contributed by atoms with Crippen LogP contribution in [-0.4, -0.2) is 19.6 Å². The number of carbonyl (C=O) groups is 1. The van der Waals surface area contributed by atoms with Crippen LogP contribution in [0.2, 0.25) is 0 Å². The van der Waals surface area contributed by atoms with E-state index in [9.17, 15) is 4.79 Å². The zero-order chi connectivity index (χ0) is 13.2. The van der Waals surface area contributed by atoms with Crippen molar-refractivity contribution in [2.45, 2.75) is 31.7 Å². The van der Waals surface area contributed by atoms with E-state index in [0.29, 0.717) is 0 Å². The summed E-state index contributed by atoms with van der Waals surface area (Å²) in [6.07, 6.45) is 5.23. The van der Waals surface area contributed by atoms with Crippen LogP contribution in [0.25, 0.3) is 0 Å². The first kappa shape index (κ1) is 12.5. The highest BCUT2D eigenvalue weighted by atomic mass is 16.5. The van der Waals surface area contributed by atoms with Crippen LogP contribution in [0.1, 0.15) is 37.3 Å². The lowest BCUT2D eigenvalue weighted by Crippen LogP contribution is -2.23. The number of amides is 1. The number of rotatable bonds is 5. The molecule has 1 aromatic rings. The molecule has 0 saturated heterocycles. The standard InChI is InChI=1S/C15H20N2O2/c1-16-14-12-6-5-11(9-13(12)17-15(14)18)19-8-7-10-3-2-4-10/h5-6,9-10,14,16H,2-4,7-8H2,1H3,(H,17,18). The van der Waals surface area contributed by atoms with Crippen molar-refractivity contribution in [3.63, 3.8) is 0 Å². The summed E-state index contributed by atoms with van der Waals surface area (Å²) in [7, 11) is 1.79. The Morgan fingerprint density at radius 3 is 2.95 bits per heavy atom. The Labute approximate surface area is 113 Å². The van der Waals surface area contributed by atoms with E-state index in [1.54, 1.807) is 7.05 Å². The Hall–Kier alpha value is -1.55. The number of benzene rings is 1. The number of carbonyl (C=O) groups excluding carboxylic acids is 1. The number of hydrogen-bond donors (Lipinski definition) is 2. The van der Waals surface area contributed by atoms with E-state index >= 15 is 0 Å². The lowest BCUT2D eigenvalue weighted by atomic mass is 9.83. The van der Waals surface area contributed by atoms with Gasteiger partial charge in [-0.25, -0.2) is 0 Å². The summed E-state index contributed by atoms with van der Waals surface area (Å²) < 4.78 is 5.77. The average Bonchev–Trinajstić information content (AvgIpc) is 2.66. The van der Waals surface area contributed by atoms with Crippen molar-refractivity contribution in [3.05, 3.63) is 23.8 Å². The molecule has 0 spiro atoms. The highest BCUT2D eigenvalue weighted by Gasteiger charge is 2.29. The lowest BCUT2D eigenvalue weighted by Gasteiger charge is -2.25. The smallest absolute Gasteiger partial charge is 0.246 e. The van der Waals surface area contributed by atoms with Crippen LogP contribution < -0.4 is 15.4 Å². The molecule has 3 rings (SSSR count). The molecule has 1 atom stereocenters. The third kappa shape index (κ3) is 2.45. The minimum atomic E-state index is -0.237. The third-order valence-electron chi connectivity index (χ3n) is 4.16. The molecule has 1 heterocycles. The second-order valence-corrected chi connectivity index (χ2v) is 5.39. The van der Waals surface area contributed by atoms with Gasteiger partial charge in [-0.05, 0) is 25.5 Å². The Kier molecular flexibility index (Phi) is 3.42. The van der Waals surface area contributed by atoms with E-state index in [1.807, 2.05) is 18.2 Å². The summed E-state index contributed by atoms with van der Waals surface area (Å²) >= 11 is 0. The van der Waals surface area contributed by atoms with Crippen molar-refractivity contribution in [2.75, 3.05) is 19.0 Å². The van der Waals surface area contributed by atoms with Crippen LogP contribution in [0.5, 0.6) is 5.75 Å². The van der Waals surface area contributed by atoms with Crippen molar-refractivity contribution < 1.29 is 9.53 Å². The van der Waals surface area contributed by atoms with Gasteiger partial charge in [-0.3, -0.25) is 4.79 Å².